The molecular weight excluding hydrogens is 235 g/mol. The third kappa shape index (κ3) is 2.50. The predicted octanol–water partition coefficient (Wildman–Crippen LogP) is 2.39. The number of hydrogen-bond acceptors (Lipinski definition) is 4. The summed E-state index contributed by atoms with van der Waals surface area (Å²) in [6.45, 7) is 0.154. The van der Waals surface area contributed by atoms with Crippen LogP contribution >= 0.6 is 0 Å². The van der Waals surface area contributed by atoms with E-state index >= 15 is 0 Å². The molecule has 4 nitrogen and oxygen atoms in total. The van der Waals surface area contributed by atoms with Gasteiger partial charge in [-0.3, -0.25) is 0 Å². The number of aliphatic hydroxyl groups excluding tert-OH is 1. The molecule has 0 atom stereocenters. The third-order valence-corrected chi connectivity index (χ3v) is 2.45. The molecule has 0 aliphatic carbocycles. The Labute approximate surface area is 103 Å². The molecule has 0 fully saturated rings. The Balaban J connectivity index is 2.11. The van der Waals surface area contributed by atoms with Gasteiger partial charge in [-0.1, -0.05) is 6.07 Å². The molecule has 1 heterocycles. The van der Waals surface area contributed by atoms with Crippen molar-refractivity contribution in [2.75, 3.05) is 5.32 Å². The van der Waals surface area contributed by atoms with Gasteiger partial charge in [-0.25, -0.2) is 4.39 Å². The maximum absolute atomic E-state index is 13.3. The van der Waals surface area contributed by atoms with Crippen molar-refractivity contribution in [1.29, 1.82) is 5.26 Å². The fourth-order valence-electron chi connectivity index (χ4n) is 1.57. The molecule has 2 rings (SSSR count). The van der Waals surface area contributed by atoms with Gasteiger partial charge in [-0.2, -0.15) is 5.26 Å². The quantitative estimate of drug-likeness (QED) is 0.869. The van der Waals surface area contributed by atoms with Gasteiger partial charge in [0.05, 0.1) is 12.2 Å². The molecule has 1 aromatic heterocycles. The summed E-state index contributed by atoms with van der Waals surface area (Å²) in [7, 11) is 0. The summed E-state index contributed by atoms with van der Waals surface area (Å²) in [5, 5.41) is 20.6. The molecule has 2 aromatic rings. The summed E-state index contributed by atoms with van der Waals surface area (Å²) < 4.78 is 18.6. The van der Waals surface area contributed by atoms with Crippen LogP contribution in [0.2, 0.25) is 0 Å². The number of halogens is 1. The number of hydrogen-bond donors (Lipinski definition) is 2. The second kappa shape index (κ2) is 5.34. The first-order chi connectivity index (χ1) is 8.74. The zero-order chi connectivity index (χ0) is 13.0. The van der Waals surface area contributed by atoms with Gasteiger partial charge in [-0.15, -0.1) is 0 Å². The van der Waals surface area contributed by atoms with E-state index in [2.05, 4.69) is 5.32 Å². The minimum Gasteiger partial charge on any atom is -0.462 e. The molecule has 18 heavy (non-hydrogen) atoms. The van der Waals surface area contributed by atoms with Gasteiger partial charge in [0, 0.05) is 0 Å². The summed E-state index contributed by atoms with van der Waals surface area (Å²) >= 11 is 0. The summed E-state index contributed by atoms with van der Waals surface area (Å²) in [4.78, 5) is 0. The molecule has 2 N–H and O–H groups in total. The Morgan fingerprint density at radius 1 is 1.28 bits per heavy atom. The van der Waals surface area contributed by atoms with Crippen LogP contribution in [-0.4, -0.2) is 5.11 Å². The zero-order valence-corrected chi connectivity index (χ0v) is 9.48. The predicted molar refractivity (Wildman–Crippen MR) is 63.1 cm³/mol. The molecule has 5 heteroatoms. The molecular formula is C13H11FN2O2. The standard InChI is InChI=1S/C13H11FN2O2/c14-12-2-1-3-13(11(12)6-15)16-7-9-4-5-10(8-17)18-9/h1-5,16-17H,7-8H2. The minimum absolute atomic E-state index is 0.0218. The molecule has 0 saturated carbocycles. The van der Waals surface area contributed by atoms with E-state index in [1.807, 2.05) is 6.07 Å². The molecule has 92 valence electrons. The van der Waals surface area contributed by atoms with Gasteiger partial charge in [0.1, 0.15) is 35.6 Å². The van der Waals surface area contributed by atoms with E-state index in [0.717, 1.165) is 0 Å². The van der Waals surface area contributed by atoms with Crippen molar-refractivity contribution in [2.45, 2.75) is 13.2 Å². The van der Waals surface area contributed by atoms with Crippen molar-refractivity contribution in [3.8, 4) is 6.07 Å². The zero-order valence-electron chi connectivity index (χ0n) is 9.48. The number of benzene rings is 1. The molecule has 0 amide bonds. The Morgan fingerprint density at radius 3 is 2.72 bits per heavy atom. The first-order valence-electron chi connectivity index (χ1n) is 5.35. The molecule has 0 aliphatic heterocycles. The van der Waals surface area contributed by atoms with E-state index in [4.69, 9.17) is 14.8 Å². The summed E-state index contributed by atoms with van der Waals surface area (Å²) in [6, 6.07) is 9.57. The lowest BCUT2D eigenvalue weighted by atomic mass is 10.2. The van der Waals surface area contributed by atoms with Crippen LogP contribution in [0.1, 0.15) is 17.1 Å². The number of rotatable bonds is 4. The fraction of sp³-hybridized carbons (Fsp3) is 0.154. The van der Waals surface area contributed by atoms with Crippen LogP contribution in [0.3, 0.4) is 0 Å². The maximum atomic E-state index is 13.3. The highest BCUT2D eigenvalue weighted by molar-refractivity contribution is 5.57. The van der Waals surface area contributed by atoms with Gasteiger partial charge in [0.2, 0.25) is 0 Å². The number of nitrogens with one attached hydrogen (secondary N) is 1. The van der Waals surface area contributed by atoms with E-state index in [1.54, 1.807) is 18.2 Å². The van der Waals surface area contributed by atoms with Gasteiger partial charge in [0.25, 0.3) is 0 Å². The van der Waals surface area contributed by atoms with Crippen LogP contribution in [0.5, 0.6) is 0 Å². The van der Waals surface area contributed by atoms with Crippen LogP contribution in [0.25, 0.3) is 0 Å². The van der Waals surface area contributed by atoms with Crippen molar-refractivity contribution >= 4 is 5.69 Å². The lowest BCUT2D eigenvalue weighted by Gasteiger charge is -2.06. The minimum atomic E-state index is -0.557. The molecule has 0 aliphatic rings. The molecule has 0 saturated heterocycles. The topological polar surface area (TPSA) is 69.2 Å². The van der Waals surface area contributed by atoms with Crippen molar-refractivity contribution in [3.05, 3.63) is 53.2 Å². The SMILES string of the molecule is N#Cc1c(F)cccc1NCc1ccc(CO)o1. The van der Waals surface area contributed by atoms with Crippen molar-refractivity contribution in [2.24, 2.45) is 0 Å². The monoisotopic (exact) mass is 246 g/mol. The second-order valence-corrected chi connectivity index (χ2v) is 3.65. The second-order valence-electron chi connectivity index (χ2n) is 3.65. The largest absolute Gasteiger partial charge is 0.462 e. The highest BCUT2D eigenvalue weighted by atomic mass is 19.1. The van der Waals surface area contributed by atoms with Crippen LogP contribution < -0.4 is 5.32 Å². The summed E-state index contributed by atoms with van der Waals surface area (Å²) in [5.41, 5.74) is 0.394. The molecule has 0 unspecified atom stereocenters. The van der Waals surface area contributed by atoms with Gasteiger partial charge < -0.3 is 14.8 Å². The van der Waals surface area contributed by atoms with Crippen LogP contribution in [-0.2, 0) is 13.2 Å². The average molecular weight is 246 g/mol. The summed E-state index contributed by atoms with van der Waals surface area (Å²) in [5.74, 6) is 0.511. The highest BCUT2D eigenvalue weighted by Crippen LogP contribution is 2.19. The van der Waals surface area contributed by atoms with Crippen molar-refractivity contribution in [3.63, 3.8) is 0 Å². The maximum Gasteiger partial charge on any atom is 0.143 e. The van der Waals surface area contributed by atoms with E-state index < -0.39 is 5.82 Å². The number of nitrogens with zero attached hydrogens (tertiary/aromatic N) is 1. The number of aliphatic hydroxyl groups is 1. The molecule has 0 spiro atoms. The highest BCUT2D eigenvalue weighted by Gasteiger charge is 2.08. The number of anilines is 1. The van der Waals surface area contributed by atoms with E-state index in [-0.39, 0.29) is 12.2 Å². The number of nitriles is 1. The first-order valence-corrected chi connectivity index (χ1v) is 5.35. The van der Waals surface area contributed by atoms with E-state index in [1.165, 1.54) is 12.1 Å². The smallest absolute Gasteiger partial charge is 0.143 e. The van der Waals surface area contributed by atoms with Crippen molar-refractivity contribution in [1.82, 2.24) is 0 Å². The Hall–Kier alpha value is -2.32. The van der Waals surface area contributed by atoms with Gasteiger partial charge in [-0.05, 0) is 24.3 Å². The first kappa shape index (κ1) is 12.1. The average Bonchev–Trinajstić information content (AvgIpc) is 2.84. The van der Waals surface area contributed by atoms with E-state index in [0.29, 0.717) is 23.8 Å². The lowest BCUT2D eigenvalue weighted by molar-refractivity contribution is 0.244. The van der Waals surface area contributed by atoms with E-state index in [9.17, 15) is 4.39 Å². The Morgan fingerprint density at radius 2 is 2.06 bits per heavy atom. The molecule has 0 radical (unpaired) electrons. The van der Waals surface area contributed by atoms with Crippen LogP contribution in [0.15, 0.2) is 34.7 Å². The van der Waals surface area contributed by atoms with Gasteiger partial charge >= 0.3 is 0 Å². The van der Waals surface area contributed by atoms with Crippen LogP contribution in [0.4, 0.5) is 10.1 Å². The normalized spacial score (nSPS) is 10.1. The Bertz CT molecular complexity index is 587. The Kier molecular flexibility index (Phi) is 3.60. The van der Waals surface area contributed by atoms with Gasteiger partial charge in [0.15, 0.2) is 0 Å². The van der Waals surface area contributed by atoms with Crippen molar-refractivity contribution < 1.29 is 13.9 Å². The molecule has 0 bridgehead atoms. The third-order valence-electron chi connectivity index (χ3n) is 2.45. The number of furan rings is 1. The fourth-order valence-corrected chi connectivity index (χ4v) is 1.57. The summed E-state index contributed by atoms with van der Waals surface area (Å²) in [6.07, 6.45) is 0. The molecule has 1 aromatic carbocycles. The van der Waals surface area contributed by atoms with Crippen LogP contribution in [0, 0.1) is 17.1 Å². The lowest BCUT2D eigenvalue weighted by Crippen LogP contribution is -2.01.